The zero-order valence-corrected chi connectivity index (χ0v) is 18.9. The second-order valence-electron chi connectivity index (χ2n) is 7.69. The SMILES string of the molecule is CCN(Cc1ccc(CN(C)C)cc1)C(=O)C1CCN(c2ccccc2Br)C1=O. The van der Waals surface area contributed by atoms with Crippen molar-refractivity contribution in [3.63, 3.8) is 0 Å². The predicted octanol–water partition coefficient (Wildman–Crippen LogP) is 3.91. The summed E-state index contributed by atoms with van der Waals surface area (Å²) in [5.41, 5.74) is 3.14. The average molecular weight is 458 g/mol. The zero-order valence-electron chi connectivity index (χ0n) is 17.3. The van der Waals surface area contributed by atoms with Crippen molar-refractivity contribution >= 4 is 33.4 Å². The molecule has 29 heavy (non-hydrogen) atoms. The molecule has 0 radical (unpaired) electrons. The molecule has 2 aromatic rings. The molecule has 1 unspecified atom stereocenters. The Labute approximate surface area is 181 Å². The van der Waals surface area contributed by atoms with E-state index in [0.717, 1.165) is 22.3 Å². The topological polar surface area (TPSA) is 43.9 Å². The molecule has 0 spiro atoms. The van der Waals surface area contributed by atoms with Gasteiger partial charge < -0.3 is 14.7 Å². The van der Waals surface area contributed by atoms with Crippen LogP contribution in [-0.4, -0.2) is 48.8 Å². The van der Waals surface area contributed by atoms with Crippen LogP contribution in [0.1, 0.15) is 24.5 Å². The summed E-state index contributed by atoms with van der Waals surface area (Å²) in [7, 11) is 4.09. The van der Waals surface area contributed by atoms with E-state index >= 15 is 0 Å². The van der Waals surface area contributed by atoms with E-state index in [4.69, 9.17) is 0 Å². The van der Waals surface area contributed by atoms with Gasteiger partial charge in [-0.15, -0.1) is 0 Å². The molecule has 0 bridgehead atoms. The Balaban J connectivity index is 1.68. The van der Waals surface area contributed by atoms with Gasteiger partial charge >= 0.3 is 0 Å². The standard InChI is InChI=1S/C23H28BrN3O2/c1-4-26(16-18-11-9-17(10-12-18)15-25(2)3)22(28)19-13-14-27(23(19)29)21-8-6-5-7-20(21)24/h5-12,19H,4,13-16H2,1-3H3. The van der Waals surface area contributed by atoms with Gasteiger partial charge in [-0.2, -0.15) is 0 Å². The Hall–Kier alpha value is -2.18. The van der Waals surface area contributed by atoms with Crippen LogP contribution in [-0.2, 0) is 22.7 Å². The molecule has 1 heterocycles. The van der Waals surface area contributed by atoms with Crippen molar-refractivity contribution in [1.82, 2.24) is 9.80 Å². The van der Waals surface area contributed by atoms with Gasteiger partial charge in [-0.3, -0.25) is 9.59 Å². The van der Waals surface area contributed by atoms with Crippen molar-refractivity contribution in [1.29, 1.82) is 0 Å². The van der Waals surface area contributed by atoms with Crippen molar-refractivity contribution in [2.24, 2.45) is 5.92 Å². The Kier molecular flexibility index (Phi) is 7.09. The third-order valence-corrected chi connectivity index (χ3v) is 5.91. The van der Waals surface area contributed by atoms with Gasteiger partial charge in [-0.25, -0.2) is 0 Å². The maximum atomic E-state index is 13.1. The zero-order chi connectivity index (χ0) is 21.0. The smallest absolute Gasteiger partial charge is 0.239 e. The molecule has 5 nitrogen and oxygen atoms in total. The number of rotatable bonds is 7. The summed E-state index contributed by atoms with van der Waals surface area (Å²) in [5.74, 6) is -0.791. The number of nitrogens with zero attached hydrogens (tertiary/aromatic N) is 3. The molecule has 1 aliphatic heterocycles. The molecule has 0 N–H and O–H groups in total. The quantitative estimate of drug-likeness (QED) is 0.591. The van der Waals surface area contributed by atoms with E-state index < -0.39 is 5.92 Å². The molecule has 1 atom stereocenters. The lowest BCUT2D eigenvalue weighted by Crippen LogP contribution is -2.39. The second kappa shape index (κ2) is 9.55. The van der Waals surface area contributed by atoms with Gasteiger partial charge in [-0.1, -0.05) is 36.4 Å². The fourth-order valence-corrected chi connectivity index (χ4v) is 4.22. The minimum Gasteiger partial charge on any atom is -0.338 e. The number of hydrogen-bond donors (Lipinski definition) is 0. The van der Waals surface area contributed by atoms with Crippen molar-refractivity contribution < 1.29 is 9.59 Å². The largest absolute Gasteiger partial charge is 0.338 e. The van der Waals surface area contributed by atoms with E-state index in [1.807, 2.05) is 45.3 Å². The van der Waals surface area contributed by atoms with Crippen molar-refractivity contribution in [2.75, 3.05) is 32.1 Å². The molecule has 6 heteroatoms. The minimum atomic E-state index is -0.602. The van der Waals surface area contributed by atoms with Crippen LogP contribution < -0.4 is 4.90 Å². The van der Waals surface area contributed by atoms with Gasteiger partial charge in [-0.05, 0) is 66.6 Å². The Morgan fingerprint density at radius 3 is 2.28 bits per heavy atom. The first-order chi connectivity index (χ1) is 13.9. The lowest BCUT2D eigenvalue weighted by atomic mass is 10.1. The first kappa shape index (κ1) is 21.5. The molecule has 3 rings (SSSR count). The Bertz CT molecular complexity index is 867. The van der Waals surface area contributed by atoms with Crippen LogP contribution in [0.4, 0.5) is 5.69 Å². The van der Waals surface area contributed by atoms with Crippen LogP contribution in [0.2, 0.25) is 0 Å². The van der Waals surface area contributed by atoms with Gasteiger partial charge in [0.25, 0.3) is 0 Å². The van der Waals surface area contributed by atoms with Crippen molar-refractivity contribution in [3.8, 4) is 0 Å². The van der Waals surface area contributed by atoms with E-state index in [-0.39, 0.29) is 11.8 Å². The number of carbonyl (C=O) groups excluding carboxylic acids is 2. The summed E-state index contributed by atoms with van der Waals surface area (Å²) in [6.07, 6.45) is 0.553. The number of para-hydroxylation sites is 1. The minimum absolute atomic E-state index is 0.0792. The van der Waals surface area contributed by atoms with Gasteiger partial charge in [0, 0.05) is 30.7 Å². The van der Waals surface area contributed by atoms with Crippen molar-refractivity contribution in [3.05, 3.63) is 64.1 Å². The van der Waals surface area contributed by atoms with Crippen LogP contribution >= 0.6 is 15.9 Å². The van der Waals surface area contributed by atoms with E-state index in [2.05, 4.69) is 45.1 Å². The third kappa shape index (κ3) is 5.06. The molecule has 0 aromatic heterocycles. The summed E-state index contributed by atoms with van der Waals surface area (Å²) in [6, 6.07) is 16.0. The van der Waals surface area contributed by atoms with E-state index in [0.29, 0.717) is 26.1 Å². The highest BCUT2D eigenvalue weighted by atomic mass is 79.9. The molecule has 2 amide bonds. The third-order valence-electron chi connectivity index (χ3n) is 5.24. The highest BCUT2D eigenvalue weighted by molar-refractivity contribution is 9.10. The van der Waals surface area contributed by atoms with Crippen LogP contribution in [0.15, 0.2) is 53.0 Å². The van der Waals surface area contributed by atoms with Gasteiger partial charge in [0.15, 0.2) is 0 Å². The number of carbonyl (C=O) groups is 2. The van der Waals surface area contributed by atoms with Gasteiger partial charge in [0.05, 0.1) is 5.69 Å². The Morgan fingerprint density at radius 2 is 1.69 bits per heavy atom. The number of hydrogen-bond acceptors (Lipinski definition) is 3. The van der Waals surface area contributed by atoms with Gasteiger partial charge in [0.1, 0.15) is 5.92 Å². The summed E-state index contributed by atoms with van der Waals surface area (Å²) >= 11 is 3.51. The molecule has 1 aliphatic rings. The van der Waals surface area contributed by atoms with Crippen LogP contribution in [0.5, 0.6) is 0 Å². The molecular weight excluding hydrogens is 430 g/mol. The molecule has 2 aromatic carbocycles. The number of amides is 2. The molecule has 1 fully saturated rings. The summed E-state index contributed by atoms with van der Waals surface area (Å²) < 4.78 is 0.867. The normalized spacial score (nSPS) is 16.5. The second-order valence-corrected chi connectivity index (χ2v) is 8.54. The van der Waals surface area contributed by atoms with Gasteiger partial charge in [0.2, 0.25) is 11.8 Å². The molecule has 0 aliphatic carbocycles. The van der Waals surface area contributed by atoms with Crippen LogP contribution in [0, 0.1) is 5.92 Å². The van der Waals surface area contributed by atoms with Crippen molar-refractivity contribution in [2.45, 2.75) is 26.4 Å². The average Bonchev–Trinajstić information content (AvgIpc) is 3.08. The molecule has 1 saturated heterocycles. The highest BCUT2D eigenvalue weighted by Gasteiger charge is 2.39. The number of halogens is 1. The lowest BCUT2D eigenvalue weighted by Gasteiger charge is -2.24. The highest BCUT2D eigenvalue weighted by Crippen LogP contribution is 2.32. The first-order valence-corrected chi connectivity index (χ1v) is 10.8. The van der Waals surface area contributed by atoms with E-state index in [1.165, 1.54) is 5.56 Å². The van der Waals surface area contributed by atoms with Crippen LogP contribution in [0.3, 0.4) is 0 Å². The molecule has 154 valence electrons. The number of anilines is 1. The fourth-order valence-electron chi connectivity index (χ4n) is 3.72. The Morgan fingerprint density at radius 1 is 1.07 bits per heavy atom. The summed E-state index contributed by atoms with van der Waals surface area (Å²) in [4.78, 5) is 31.7. The monoisotopic (exact) mass is 457 g/mol. The van der Waals surface area contributed by atoms with E-state index in [9.17, 15) is 9.59 Å². The lowest BCUT2D eigenvalue weighted by molar-refractivity contribution is -0.140. The maximum absolute atomic E-state index is 13.1. The van der Waals surface area contributed by atoms with E-state index in [1.54, 1.807) is 9.80 Å². The predicted molar refractivity (Wildman–Crippen MR) is 120 cm³/mol. The number of benzene rings is 2. The summed E-state index contributed by atoms with van der Waals surface area (Å²) in [6.45, 7) is 4.52. The maximum Gasteiger partial charge on any atom is 0.239 e. The first-order valence-electron chi connectivity index (χ1n) is 9.98. The molecule has 0 saturated carbocycles. The molecular formula is C23H28BrN3O2. The van der Waals surface area contributed by atoms with Crippen LogP contribution in [0.25, 0.3) is 0 Å². The summed E-state index contributed by atoms with van der Waals surface area (Å²) in [5, 5.41) is 0. The fraction of sp³-hybridized carbons (Fsp3) is 0.391.